The molecule has 1 heterocycles. The highest BCUT2D eigenvalue weighted by Gasteiger charge is 2.23. The summed E-state index contributed by atoms with van der Waals surface area (Å²) in [6, 6.07) is 0.493. The van der Waals surface area contributed by atoms with Crippen LogP contribution in [0.4, 0.5) is 0 Å². The lowest BCUT2D eigenvalue weighted by atomic mass is 10.2. The zero-order valence-electron chi connectivity index (χ0n) is 9.19. The predicted molar refractivity (Wildman–Crippen MR) is 72.6 cm³/mol. The van der Waals surface area contributed by atoms with Crippen molar-refractivity contribution in [1.29, 1.82) is 0 Å². The van der Waals surface area contributed by atoms with Gasteiger partial charge in [0, 0.05) is 19.7 Å². The molecule has 1 aliphatic heterocycles. The fraction of sp³-hybridized carbons (Fsp3) is 0.889. The number of likely N-dealkylation sites (tertiary alicyclic amines) is 1. The summed E-state index contributed by atoms with van der Waals surface area (Å²) in [4.78, 5) is 6.44. The van der Waals surface area contributed by atoms with E-state index >= 15 is 0 Å². The zero-order chi connectivity index (χ0) is 10.4. The molecule has 1 aliphatic rings. The number of guanidine groups is 1. The van der Waals surface area contributed by atoms with Crippen LogP contribution >= 0.6 is 24.0 Å². The SMILES string of the molecule is COCCN1CCCC1CN=C(N)N.I. The fourth-order valence-electron chi connectivity index (χ4n) is 1.82. The quantitative estimate of drug-likeness (QED) is 0.423. The highest BCUT2D eigenvalue weighted by Crippen LogP contribution is 2.16. The molecule has 1 atom stereocenters. The maximum atomic E-state index is 5.30. The van der Waals surface area contributed by atoms with Gasteiger partial charge in [-0.15, -0.1) is 24.0 Å². The van der Waals surface area contributed by atoms with E-state index in [1.54, 1.807) is 7.11 Å². The number of aliphatic imine (C=N–C) groups is 1. The summed E-state index contributed by atoms with van der Waals surface area (Å²) in [6.07, 6.45) is 2.41. The molecule has 0 amide bonds. The Hall–Kier alpha value is -0.0800. The summed E-state index contributed by atoms with van der Waals surface area (Å²) in [5.74, 6) is 0.184. The third kappa shape index (κ3) is 5.53. The Balaban J connectivity index is 0.00000196. The Bertz CT molecular complexity index is 197. The molecule has 0 spiro atoms. The van der Waals surface area contributed by atoms with Gasteiger partial charge in [0.15, 0.2) is 5.96 Å². The van der Waals surface area contributed by atoms with E-state index in [9.17, 15) is 0 Å². The smallest absolute Gasteiger partial charge is 0.185 e. The third-order valence-electron chi connectivity index (χ3n) is 2.57. The molecular weight excluding hydrogens is 307 g/mol. The van der Waals surface area contributed by atoms with Crippen molar-refractivity contribution in [3.8, 4) is 0 Å². The molecule has 0 radical (unpaired) electrons. The average molecular weight is 328 g/mol. The van der Waals surface area contributed by atoms with E-state index in [1.165, 1.54) is 12.8 Å². The van der Waals surface area contributed by atoms with Crippen LogP contribution in [0.5, 0.6) is 0 Å². The molecule has 5 nitrogen and oxygen atoms in total. The van der Waals surface area contributed by atoms with Crippen molar-refractivity contribution in [3.05, 3.63) is 0 Å². The molecular formula is C9H21IN4O. The van der Waals surface area contributed by atoms with Gasteiger partial charge in [-0.05, 0) is 19.4 Å². The molecule has 1 unspecified atom stereocenters. The number of hydrogen-bond donors (Lipinski definition) is 2. The van der Waals surface area contributed by atoms with E-state index in [0.29, 0.717) is 12.6 Å². The summed E-state index contributed by atoms with van der Waals surface area (Å²) < 4.78 is 5.05. The van der Waals surface area contributed by atoms with Gasteiger partial charge in [-0.2, -0.15) is 0 Å². The van der Waals surface area contributed by atoms with Crippen LogP contribution in [0.25, 0.3) is 0 Å². The highest BCUT2D eigenvalue weighted by molar-refractivity contribution is 14.0. The second-order valence-electron chi connectivity index (χ2n) is 3.59. The van der Waals surface area contributed by atoms with Gasteiger partial charge in [0.2, 0.25) is 0 Å². The second-order valence-corrected chi connectivity index (χ2v) is 3.59. The topological polar surface area (TPSA) is 76.9 Å². The fourth-order valence-corrected chi connectivity index (χ4v) is 1.82. The van der Waals surface area contributed by atoms with Gasteiger partial charge in [0.25, 0.3) is 0 Å². The lowest BCUT2D eigenvalue weighted by molar-refractivity contribution is 0.143. The molecule has 1 fully saturated rings. The molecule has 1 saturated heterocycles. The minimum atomic E-state index is 0. The van der Waals surface area contributed by atoms with Crippen LogP contribution in [0.2, 0.25) is 0 Å². The van der Waals surface area contributed by atoms with Gasteiger partial charge in [-0.3, -0.25) is 9.89 Å². The molecule has 0 bridgehead atoms. The van der Waals surface area contributed by atoms with E-state index in [0.717, 1.165) is 19.7 Å². The minimum absolute atomic E-state index is 0. The first kappa shape index (κ1) is 14.9. The summed E-state index contributed by atoms with van der Waals surface area (Å²) in [5, 5.41) is 0. The summed E-state index contributed by atoms with van der Waals surface area (Å²) in [7, 11) is 1.72. The third-order valence-corrected chi connectivity index (χ3v) is 2.57. The molecule has 0 saturated carbocycles. The maximum Gasteiger partial charge on any atom is 0.185 e. The first-order valence-corrected chi connectivity index (χ1v) is 5.02. The van der Waals surface area contributed by atoms with Crippen molar-refractivity contribution in [2.75, 3.05) is 33.4 Å². The number of hydrogen-bond acceptors (Lipinski definition) is 3. The van der Waals surface area contributed by atoms with Crippen molar-refractivity contribution >= 4 is 29.9 Å². The Morgan fingerprint density at radius 3 is 2.87 bits per heavy atom. The van der Waals surface area contributed by atoms with Gasteiger partial charge in [0.1, 0.15) is 0 Å². The van der Waals surface area contributed by atoms with E-state index in [-0.39, 0.29) is 29.9 Å². The van der Waals surface area contributed by atoms with Crippen molar-refractivity contribution in [2.45, 2.75) is 18.9 Å². The van der Waals surface area contributed by atoms with Gasteiger partial charge in [-0.1, -0.05) is 0 Å². The molecule has 1 rings (SSSR count). The maximum absolute atomic E-state index is 5.30. The Kier molecular flexibility index (Phi) is 8.07. The lowest BCUT2D eigenvalue weighted by Crippen LogP contribution is -2.35. The lowest BCUT2D eigenvalue weighted by Gasteiger charge is -2.22. The predicted octanol–water partition coefficient (Wildman–Crippen LogP) is -0.0114. The van der Waals surface area contributed by atoms with Crippen LogP contribution in [0.15, 0.2) is 4.99 Å². The number of nitrogens with two attached hydrogens (primary N) is 2. The normalized spacial score (nSPS) is 21.0. The van der Waals surface area contributed by atoms with Crippen LogP contribution in [0.3, 0.4) is 0 Å². The van der Waals surface area contributed by atoms with Crippen LogP contribution < -0.4 is 11.5 Å². The molecule has 0 aromatic heterocycles. The average Bonchev–Trinajstić information content (AvgIpc) is 2.58. The highest BCUT2D eigenvalue weighted by atomic mass is 127. The van der Waals surface area contributed by atoms with Crippen LogP contribution in [-0.2, 0) is 4.74 Å². The monoisotopic (exact) mass is 328 g/mol. The number of ether oxygens (including phenoxy) is 1. The number of rotatable bonds is 5. The molecule has 15 heavy (non-hydrogen) atoms. The first-order chi connectivity index (χ1) is 6.74. The van der Waals surface area contributed by atoms with E-state index in [4.69, 9.17) is 16.2 Å². The van der Waals surface area contributed by atoms with E-state index in [1.807, 2.05) is 0 Å². The molecule has 0 aromatic carbocycles. The van der Waals surface area contributed by atoms with Gasteiger partial charge < -0.3 is 16.2 Å². The van der Waals surface area contributed by atoms with Crippen LogP contribution in [-0.4, -0.2) is 50.3 Å². The summed E-state index contributed by atoms with van der Waals surface area (Å²) in [6.45, 7) is 3.60. The summed E-state index contributed by atoms with van der Waals surface area (Å²) >= 11 is 0. The minimum Gasteiger partial charge on any atom is -0.383 e. The zero-order valence-corrected chi connectivity index (χ0v) is 11.5. The van der Waals surface area contributed by atoms with Crippen LogP contribution in [0.1, 0.15) is 12.8 Å². The summed E-state index contributed by atoms with van der Waals surface area (Å²) in [5.41, 5.74) is 10.6. The van der Waals surface area contributed by atoms with Gasteiger partial charge in [0.05, 0.1) is 13.2 Å². The van der Waals surface area contributed by atoms with Crippen LogP contribution in [0, 0.1) is 0 Å². The standard InChI is InChI=1S/C9H20N4O.HI/c1-14-6-5-13-4-2-3-8(13)7-12-9(10)11;/h8H,2-7H2,1H3,(H4,10,11,12);1H. The van der Waals surface area contributed by atoms with Gasteiger partial charge >= 0.3 is 0 Å². The molecule has 6 heteroatoms. The van der Waals surface area contributed by atoms with Crippen molar-refractivity contribution in [3.63, 3.8) is 0 Å². The van der Waals surface area contributed by atoms with Crippen molar-refractivity contribution < 1.29 is 4.74 Å². The van der Waals surface area contributed by atoms with Gasteiger partial charge in [-0.25, -0.2) is 0 Å². The Morgan fingerprint density at radius 2 is 2.27 bits per heavy atom. The first-order valence-electron chi connectivity index (χ1n) is 5.02. The Labute approximate surface area is 108 Å². The molecule has 0 aromatic rings. The van der Waals surface area contributed by atoms with Crippen molar-refractivity contribution in [1.82, 2.24) is 4.90 Å². The molecule has 0 aliphatic carbocycles. The molecule has 4 N–H and O–H groups in total. The Morgan fingerprint density at radius 1 is 1.53 bits per heavy atom. The molecule has 90 valence electrons. The van der Waals surface area contributed by atoms with Crippen molar-refractivity contribution in [2.24, 2.45) is 16.5 Å². The number of methoxy groups -OCH3 is 1. The number of nitrogens with zero attached hydrogens (tertiary/aromatic N) is 2. The van der Waals surface area contributed by atoms with E-state index in [2.05, 4.69) is 9.89 Å². The largest absolute Gasteiger partial charge is 0.383 e. The van der Waals surface area contributed by atoms with E-state index < -0.39 is 0 Å². The number of halogens is 1. The second kappa shape index (κ2) is 8.12.